The standard InChI is InChI=1S/C20H42O4S.Na/c1-2-3-4-5-11-14-17-20(25(22,23)24)18-15-12-9-7-6-8-10-13-16-19-21;/h20-21H,2-19H2,1H3,(H,22,23,24);/q;+1/p-1. The van der Waals surface area contributed by atoms with Gasteiger partial charge >= 0.3 is 29.6 Å². The van der Waals surface area contributed by atoms with Gasteiger partial charge in [0.25, 0.3) is 0 Å². The molecule has 26 heavy (non-hydrogen) atoms. The molecule has 0 fully saturated rings. The summed E-state index contributed by atoms with van der Waals surface area (Å²) in [6.45, 7) is 2.47. The molecular weight excluding hydrogens is 359 g/mol. The summed E-state index contributed by atoms with van der Waals surface area (Å²) < 4.78 is 34.2. The number of unbranched alkanes of at least 4 members (excludes halogenated alkanes) is 13. The van der Waals surface area contributed by atoms with Gasteiger partial charge in [-0.05, 0) is 19.3 Å². The van der Waals surface area contributed by atoms with Crippen molar-refractivity contribution in [2.24, 2.45) is 0 Å². The molecule has 0 aliphatic rings. The topological polar surface area (TPSA) is 77.4 Å². The van der Waals surface area contributed by atoms with Crippen molar-refractivity contribution < 1.29 is 47.6 Å². The molecule has 152 valence electrons. The Morgan fingerprint density at radius 3 is 1.38 bits per heavy atom. The fraction of sp³-hybridized carbons (Fsp3) is 1.00. The van der Waals surface area contributed by atoms with E-state index in [1.807, 2.05) is 0 Å². The summed E-state index contributed by atoms with van der Waals surface area (Å²) >= 11 is 0. The van der Waals surface area contributed by atoms with Crippen molar-refractivity contribution in [2.75, 3.05) is 6.61 Å². The molecule has 0 saturated heterocycles. The van der Waals surface area contributed by atoms with Gasteiger partial charge in [0.1, 0.15) is 0 Å². The van der Waals surface area contributed by atoms with Crippen LogP contribution >= 0.6 is 0 Å². The third-order valence-electron chi connectivity index (χ3n) is 4.97. The molecule has 0 aromatic heterocycles. The van der Waals surface area contributed by atoms with E-state index in [-0.39, 0.29) is 29.6 Å². The van der Waals surface area contributed by atoms with Crippen molar-refractivity contribution in [1.82, 2.24) is 0 Å². The van der Waals surface area contributed by atoms with Crippen molar-refractivity contribution in [2.45, 2.75) is 121 Å². The van der Waals surface area contributed by atoms with Crippen LogP contribution in [0.1, 0.15) is 116 Å². The Kier molecular flexibility index (Phi) is 23.0. The third-order valence-corrected chi connectivity index (χ3v) is 6.26. The molecule has 1 atom stereocenters. The second-order valence-electron chi connectivity index (χ2n) is 7.37. The van der Waals surface area contributed by atoms with Crippen LogP contribution in [-0.4, -0.2) is 29.9 Å². The predicted octanol–water partition coefficient (Wildman–Crippen LogP) is 2.55. The van der Waals surface area contributed by atoms with Gasteiger partial charge in [-0.15, -0.1) is 0 Å². The van der Waals surface area contributed by atoms with E-state index in [0.29, 0.717) is 19.4 Å². The van der Waals surface area contributed by atoms with Crippen molar-refractivity contribution in [3.63, 3.8) is 0 Å². The van der Waals surface area contributed by atoms with Crippen LogP contribution in [0.3, 0.4) is 0 Å². The molecule has 0 aromatic rings. The Morgan fingerprint density at radius 2 is 1.04 bits per heavy atom. The van der Waals surface area contributed by atoms with Gasteiger partial charge in [-0.25, -0.2) is 8.42 Å². The molecule has 0 rings (SSSR count). The average molecular weight is 401 g/mol. The maximum atomic E-state index is 11.4. The summed E-state index contributed by atoms with van der Waals surface area (Å²) in [4.78, 5) is 0. The molecule has 0 radical (unpaired) electrons. The van der Waals surface area contributed by atoms with E-state index in [4.69, 9.17) is 5.11 Å². The second kappa shape index (κ2) is 20.6. The Hall–Kier alpha value is 0.870. The van der Waals surface area contributed by atoms with Crippen molar-refractivity contribution >= 4 is 10.1 Å². The summed E-state index contributed by atoms with van der Waals surface area (Å²) in [5, 5.41) is 8.04. The van der Waals surface area contributed by atoms with E-state index in [1.54, 1.807) is 0 Å². The minimum Gasteiger partial charge on any atom is -0.748 e. The Bertz CT molecular complexity index is 374. The van der Waals surface area contributed by atoms with E-state index >= 15 is 0 Å². The molecule has 0 spiro atoms. The van der Waals surface area contributed by atoms with Gasteiger partial charge in [0, 0.05) is 11.9 Å². The van der Waals surface area contributed by atoms with Gasteiger partial charge in [-0.1, -0.05) is 96.8 Å². The molecule has 4 nitrogen and oxygen atoms in total. The van der Waals surface area contributed by atoms with Crippen molar-refractivity contribution in [1.29, 1.82) is 0 Å². The first kappa shape index (κ1) is 29.1. The van der Waals surface area contributed by atoms with E-state index in [9.17, 15) is 13.0 Å². The molecular formula is C20H41NaO4S. The van der Waals surface area contributed by atoms with Crippen LogP contribution in [0.25, 0.3) is 0 Å². The molecule has 0 aromatic carbocycles. The first-order valence-corrected chi connectivity index (χ1v) is 12.0. The number of hydrogen-bond acceptors (Lipinski definition) is 4. The average Bonchev–Trinajstić information content (AvgIpc) is 2.56. The Morgan fingerprint density at radius 1 is 0.692 bits per heavy atom. The quantitative estimate of drug-likeness (QED) is 0.205. The number of hydrogen-bond donors (Lipinski definition) is 1. The van der Waals surface area contributed by atoms with Crippen LogP contribution in [0, 0.1) is 0 Å². The molecule has 6 heteroatoms. The first-order valence-electron chi connectivity index (χ1n) is 10.6. The second-order valence-corrected chi connectivity index (χ2v) is 9.02. The number of rotatable bonds is 19. The molecule has 0 aliphatic carbocycles. The number of aliphatic hydroxyl groups is 1. The molecule has 1 N–H and O–H groups in total. The zero-order valence-corrected chi connectivity index (χ0v) is 20.2. The van der Waals surface area contributed by atoms with E-state index in [1.165, 1.54) is 44.9 Å². The maximum Gasteiger partial charge on any atom is 1.00 e. The normalized spacial score (nSPS) is 12.7. The molecule has 1 unspecified atom stereocenters. The van der Waals surface area contributed by atoms with E-state index < -0.39 is 15.4 Å². The van der Waals surface area contributed by atoms with Gasteiger partial charge in [-0.3, -0.25) is 0 Å². The summed E-state index contributed by atoms with van der Waals surface area (Å²) in [7, 11) is -4.14. The van der Waals surface area contributed by atoms with Gasteiger partial charge in [0.05, 0.1) is 10.1 Å². The van der Waals surface area contributed by atoms with E-state index in [0.717, 1.165) is 51.4 Å². The molecule has 0 bridgehead atoms. The summed E-state index contributed by atoms with van der Waals surface area (Å²) in [5.74, 6) is 0. The molecule has 0 heterocycles. The smallest absolute Gasteiger partial charge is 0.748 e. The van der Waals surface area contributed by atoms with Gasteiger partial charge < -0.3 is 9.66 Å². The van der Waals surface area contributed by atoms with E-state index in [2.05, 4.69) is 6.92 Å². The SMILES string of the molecule is CCCCCCCCC(CCCCCCCCCCCO)S(=O)(=O)[O-].[Na+]. The van der Waals surface area contributed by atoms with Crippen molar-refractivity contribution in [3.8, 4) is 0 Å². The fourth-order valence-corrected chi connectivity index (χ4v) is 4.22. The van der Waals surface area contributed by atoms with Crippen LogP contribution < -0.4 is 29.6 Å². The summed E-state index contributed by atoms with van der Waals surface area (Å²) in [6.07, 6.45) is 17.6. The van der Waals surface area contributed by atoms with Crippen LogP contribution in [-0.2, 0) is 10.1 Å². The maximum absolute atomic E-state index is 11.4. The minimum atomic E-state index is -4.14. The Balaban J connectivity index is 0. The third kappa shape index (κ3) is 19.6. The molecule has 0 amide bonds. The van der Waals surface area contributed by atoms with Gasteiger partial charge in [0.15, 0.2) is 0 Å². The largest absolute Gasteiger partial charge is 1.00 e. The summed E-state index contributed by atoms with van der Waals surface area (Å²) in [6, 6.07) is 0. The summed E-state index contributed by atoms with van der Waals surface area (Å²) in [5.41, 5.74) is 0. The number of aliphatic hydroxyl groups excluding tert-OH is 1. The first-order chi connectivity index (χ1) is 12.0. The van der Waals surface area contributed by atoms with Gasteiger partial charge in [-0.2, -0.15) is 0 Å². The van der Waals surface area contributed by atoms with Crippen LogP contribution in [0.2, 0.25) is 0 Å². The molecule has 0 saturated carbocycles. The minimum absolute atomic E-state index is 0. The molecule has 0 aliphatic heterocycles. The monoisotopic (exact) mass is 400 g/mol. The predicted molar refractivity (Wildman–Crippen MR) is 105 cm³/mol. The Labute approximate surface area is 185 Å². The van der Waals surface area contributed by atoms with Crippen LogP contribution in [0.15, 0.2) is 0 Å². The zero-order valence-electron chi connectivity index (χ0n) is 17.4. The van der Waals surface area contributed by atoms with Crippen LogP contribution in [0.5, 0.6) is 0 Å². The fourth-order valence-electron chi connectivity index (χ4n) is 3.31. The zero-order chi connectivity index (χ0) is 18.8. The van der Waals surface area contributed by atoms with Gasteiger partial charge in [0.2, 0.25) is 0 Å². The van der Waals surface area contributed by atoms with Crippen LogP contribution in [0.4, 0.5) is 0 Å². The van der Waals surface area contributed by atoms with Crippen molar-refractivity contribution in [3.05, 3.63) is 0 Å².